The predicted molar refractivity (Wildman–Crippen MR) is 119 cm³/mol. The highest BCUT2D eigenvalue weighted by Crippen LogP contribution is 2.30. The smallest absolute Gasteiger partial charge is 0.336 e. The summed E-state index contributed by atoms with van der Waals surface area (Å²) in [6, 6.07) is 37.5. The Morgan fingerprint density at radius 1 is 0.548 bits per heavy atom. The topological polar surface area (TPSA) is 77.4 Å². The van der Waals surface area contributed by atoms with E-state index in [1.807, 2.05) is 0 Å². The van der Waals surface area contributed by atoms with E-state index in [2.05, 4.69) is 91.0 Å². The number of rotatable bonds is 5. The van der Waals surface area contributed by atoms with Crippen LogP contribution in [0.5, 0.6) is 0 Å². The van der Waals surface area contributed by atoms with E-state index in [1.54, 1.807) is 0 Å². The van der Waals surface area contributed by atoms with Crippen molar-refractivity contribution in [2.45, 2.75) is 14.7 Å². The molecule has 5 heteroatoms. The number of hydrogen-bond acceptors (Lipinski definition) is 3. The van der Waals surface area contributed by atoms with Crippen LogP contribution in [0.4, 0.5) is 0 Å². The van der Waals surface area contributed by atoms with Crippen LogP contribution in [0.15, 0.2) is 130 Å². The van der Waals surface area contributed by atoms with Gasteiger partial charge in [-0.25, -0.2) is 4.79 Å². The van der Waals surface area contributed by atoms with Crippen LogP contribution >= 0.6 is 0 Å². The second-order valence-electron chi connectivity index (χ2n) is 6.38. The van der Waals surface area contributed by atoms with E-state index in [1.165, 1.54) is 39.0 Å². The van der Waals surface area contributed by atoms with Crippen molar-refractivity contribution >= 4 is 22.8 Å². The van der Waals surface area contributed by atoms with Gasteiger partial charge in [-0.2, -0.15) is 0 Å². The van der Waals surface area contributed by atoms with E-state index in [9.17, 15) is 14.7 Å². The molecule has 0 atom stereocenters. The summed E-state index contributed by atoms with van der Waals surface area (Å²) in [5.41, 5.74) is -0.553. The fourth-order valence-corrected chi connectivity index (χ4v) is 5.03. The van der Waals surface area contributed by atoms with Crippen LogP contribution < -0.4 is 5.11 Å². The van der Waals surface area contributed by atoms with Gasteiger partial charge in [-0.3, -0.25) is 0 Å². The van der Waals surface area contributed by atoms with Crippen molar-refractivity contribution in [1.29, 1.82) is 0 Å². The van der Waals surface area contributed by atoms with Crippen LogP contribution in [-0.4, -0.2) is 17.0 Å². The van der Waals surface area contributed by atoms with Crippen LogP contribution in [0, 0.1) is 0 Å². The van der Waals surface area contributed by atoms with Crippen molar-refractivity contribution in [3.8, 4) is 0 Å². The zero-order valence-corrected chi connectivity index (χ0v) is 17.4. The Bertz CT molecular complexity index is 1000. The lowest BCUT2D eigenvalue weighted by Crippen LogP contribution is -2.24. The number of hydrogen-bond donors (Lipinski definition) is 1. The van der Waals surface area contributed by atoms with E-state index in [0.717, 1.165) is 0 Å². The molecule has 0 aliphatic heterocycles. The fourth-order valence-electron chi connectivity index (χ4n) is 2.93. The van der Waals surface area contributed by atoms with E-state index in [4.69, 9.17) is 5.11 Å². The van der Waals surface area contributed by atoms with Gasteiger partial charge < -0.3 is 15.0 Å². The van der Waals surface area contributed by atoms with Crippen LogP contribution in [0.25, 0.3) is 0 Å². The molecule has 4 rings (SSSR count). The molecule has 0 radical (unpaired) electrons. The molecule has 0 aliphatic carbocycles. The SMILES string of the molecule is O=C([O-])c1ccccc1C(=O)O.c1ccc([S+](c2ccccc2)c2ccccc2)cc1. The highest BCUT2D eigenvalue weighted by molar-refractivity contribution is 7.97. The molecule has 0 amide bonds. The first-order valence-corrected chi connectivity index (χ1v) is 10.7. The normalized spacial score (nSPS) is 10.1. The number of benzene rings is 4. The van der Waals surface area contributed by atoms with Gasteiger partial charge >= 0.3 is 5.97 Å². The Morgan fingerprint density at radius 2 is 0.871 bits per heavy atom. The maximum absolute atomic E-state index is 10.4. The van der Waals surface area contributed by atoms with Crippen LogP contribution in [0.1, 0.15) is 20.7 Å². The molecule has 31 heavy (non-hydrogen) atoms. The van der Waals surface area contributed by atoms with Gasteiger partial charge in [0.1, 0.15) is 0 Å². The molecule has 0 spiro atoms. The van der Waals surface area contributed by atoms with Crippen molar-refractivity contribution in [2.75, 3.05) is 0 Å². The molecule has 0 saturated carbocycles. The van der Waals surface area contributed by atoms with Gasteiger partial charge in [-0.1, -0.05) is 72.8 Å². The Kier molecular flexibility index (Phi) is 7.62. The van der Waals surface area contributed by atoms with E-state index >= 15 is 0 Å². The minimum Gasteiger partial charge on any atom is -0.545 e. The lowest BCUT2D eigenvalue weighted by Gasteiger charge is -2.07. The molecular formula is C26H20O4S. The van der Waals surface area contributed by atoms with Crippen LogP contribution in [0.3, 0.4) is 0 Å². The van der Waals surface area contributed by atoms with E-state index in [-0.39, 0.29) is 22.0 Å². The summed E-state index contributed by atoms with van der Waals surface area (Å²) in [4.78, 5) is 24.9. The third-order valence-electron chi connectivity index (χ3n) is 4.31. The first-order chi connectivity index (χ1) is 15.1. The molecule has 4 nitrogen and oxygen atoms in total. The third kappa shape index (κ3) is 5.84. The number of carboxylic acid groups (broad SMARTS) is 2. The van der Waals surface area contributed by atoms with Crippen molar-refractivity contribution < 1.29 is 19.8 Å². The second-order valence-corrected chi connectivity index (χ2v) is 8.41. The summed E-state index contributed by atoms with van der Waals surface area (Å²) >= 11 is 0. The van der Waals surface area contributed by atoms with Crippen LogP contribution in [-0.2, 0) is 10.9 Å². The molecule has 154 valence electrons. The lowest BCUT2D eigenvalue weighted by atomic mass is 10.1. The lowest BCUT2D eigenvalue weighted by molar-refractivity contribution is -0.255. The van der Waals surface area contributed by atoms with Crippen molar-refractivity contribution in [2.24, 2.45) is 0 Å². The van der Waals surface area contributed by atoms with Crippen LogP contribution in [0.2, 0.25) is 0 Å². The minimum atomic E-state index is -1.48. The summed E-state index contributed by atoms with van der Waals surface area (Å²) in [7, 11) is -0.0146. The van der Waals surface area contributed by atoms with Crippen molar-refractivity contribution in [1.82, 2.24) is 0 Å². The van der Waals surface area contributed by atoms with Gasteiger partial charge in [-0.15, -0.1) is 0 Å². The molecule has 0 aromatic heterocycles. The molecule has 0 aliphatic rings. The zero-order valence-electron chi connectivity index (χ0n) is 16.5. The zero-order chi connectivity index (χ0) is 22.1. The molecule has 4 aromatic carbocycles. The summed E-state index contributed by atoms with van der Waals surface area (Å²) in [5.74, 6) is -2.75. The van der Waals surface area contributed by atoms with Gasteiger partial charge in [0.2, 0.25) is 0 Å². The Balaban J connectivity index is 0.000000196. The molecule has 0 bridgehead atoms. The maximum Gasteiger partial charge on any atom is 0.336 e. The molecular weight excluding hydrogens is 408 g/mol. The van der Waals surface area contributed by atoms with Gasteiger partial charge in [-0.05, 0) is 42.5 Å². The first-order valence-electron chi connectivity index (χ1n) is 9.51. The summed E-state index contributed by atoms with van der Waals surface area (Å²) in [5, 5.41) is 18.9. The number of carbonyl (C=O) groups is 2. The van der Waals surface area contributed by atoms with Gasteiger partial charge in [0.15, 0.2) is 14.7 Å². The molecule has 4 aromatic rings. The highest BCUT2D eigenvalue weighted by atomic mass is 32.2. The van der Waals surface area contributed by atoms with Gasteiger partial charge in [0.05, 0.1) is 22.4 Å². The minimum absolute atomic E-state index is 0.0146. The molecule has 1 N–H and O–H groups in total. The van der Waals surface area contributed by atoms with E-state index < -0.39 is 11.9 Å². The second kappa shape index (κ2) is 10.8. The quantitative estimate of drug-likeness (QED) is 0.474. The van der Waals surface area contributed by atoms with Crippen molar-refractivity contribution in [3.05, 3.63) is 126 Å². The Labute approximate surface area is 183 Å². The summed E-state index contributed by atoms with van der Waals surface area (Å²) in [6.07, 6.45) is 0. The summed E-state index contributed by atoms with van der Waals surface area (Å²) < 4.78 is 0. The molecule has 0 fully saturated rings. The third-order valence-corrected chi connectivity index (χ3v) is 6.54. The van der Waals surface area contributed by atoms with Gasteiger partial charge in [0.25, 0.3) is 0 Å². The van der Waals surface area contributed by atoms with Gasteiger partial charge in [0, 0.05) is 5.56 Å². The molecule has 0 unspecified atom stereocenters. The maximum atomic E-state index is 10.4. The molecule has 0 heterocycles. The number of carbonyl (C=O) groups excluding carboxylic acids is 1. The number of aromatic carboxylic acids is 2. The first kappa shape index (κ1) is 21.9. The Hall–Kier alpha value is -3.83. The van der Waals surface area contributed by atoms with Crippen molar-refractivity contribution in [3.63, 3.8) is 0 Å². The highest BCUT2D eigenvalue weighted by Gasteiger charge is 2.27. The largest absolute Gasteiger partial charge is 0.545 e. The molecule has 0 saturated heterocycles. The standard InChI is InChI=1S/C18H15S.C8H6O4/c1-4-10-16(11-5-1)19(17-12-6-2-7-13-17)18-14-8-3-9-15-18;9-7(10)5-3-1-2-4-6(5)8(11)12/h1-15H;1-4H,(H,9,10)(H,11,12)/q+1;/p-1. The predicted octanol–water partition coefficient (Wildman–Crippen LogP) is 4.53. The summed E-state index contributed by atoms with van der Waals surface area (Å²) in [6.45, 7) is 0. The monoisotopic (exact) mass is 428 g/mol. The fraction of sp³-hybridized carbons (Fsp3) is 0. The number of carboxylic acids is 2. The Morgan fingerprint density at radius 3 is 1.16 bits per heavy atom. The average molecular weight is 429 g/mol. The average Bonchev–Trinajstić information content (AvgIpc) is 2.82. The van der Waals surface area contributed by atoms with E-state index in [0.29, 0.717) is 0 Å².